The van der Waals surface area contributed by atoms with Crippen molar-refractivity contribution in [3.05, 3.63) is 54.6 Å². The molecular formula is C20H26N2O5S. The standard InChI is InChI=1S/C20H26N2O5S/c1-16(2)26-14-6-13-21-20(23)15-27-18-9-11-19(12-10-18)28(24,25)22-17-7-4-3-5-8-17/h3-5,7-12,16,22H,6,13-15H2,1-2H3,(H,21,23). The molecule has 0 atom stereocenters. The molecule has 0 bridgehead atoms. The summed E-state index contributed by atoms with van der Waals surface area (Å²) < 4.78 is 38.0. The Morgan fingerprint density at radius 3 is 2.36 bits per heavy atom. The summed E-state index contributed by atoms with van der Waals surface area (Å²) in [6.07, 6.45) is 0.902. The molecule has 2 N–H and O–H groups in total. The fraction of sp³-hybridized carbons (Fsp3) is 0.350. The second kappa shape index (κ2) is 10.7. The van der Waals surface area contributed by atoms with E-state index in [1.165, 1.54) is 24.3 Å². The third-order valence-corrected chi connectivity index (χ3v) is 5.02. The van der Waals surface area contributed by atoms with Gasteiger partial charge in [0.2, 0.25) is 0 Å². The predicted molar refractivity (Wildman–Crippen MR) is 108 cm³/mol. The molecule has 8 heteroatoms. The number of benzene rings is 2. The van der Waals surface area contributed by atoms with Crippen LogP contribution in [-0.4, -0.2) is 40.2 Å². The highest BCUT2D eigenvalue weighted by Gasteiger charge is 2.14. The van der Waals surface area contributed by atoms with Crippen molar-refractivity contribution in [1.29, 1.82) is 0 Å². The Balaban J connectivity index is 1.78. The van der Waals surface area contributed by atoms with Crippen LogP contribution in [0.15, 0.2) is 59.5 Å². The lowest BCUT2D eigenvalue weighted by Crippen LogP contribution is -2.30. The van der Waals surface area contributed by atoms with Gasteiger partial charge >= 0.3 is 0 Å². The van der Waals surface area contributed by atoms with E-state index >= 15 is 0 Å². The van der Waals surface area contributed by atoms with Crippen LogP contribution in [0.2, 0.25) is 0 Å². The lowest BCUT2D eigenvalue weighted by molar-refractivity contribution is -0.123. The molecule has 0 fully saturated rings. The highest BCUT2D eigenvalue weighted by molar-refractivity contribution is 7.92. The molecule has 0 radical (unpaired) electrons. The molecule has 2 aromatic rings. The van der Waals surface area contributed by atoms with Gasteiger partial charge in [0.15, 0.2) is 6.61 Å². The third kappa shape index (κ3) is 7.58. The summed E-state index contributed by atoms with van der Waals surface area (Å²) in [5, 5.41) is 2.74. The SMILES string of the molecule is CC(C)OCCCNC(=O)COc1ccc(S(=O)(=O)Nc2ccccc2)cc1. The molecule has 0 unspecified atom stereocenters. The summed E-state index contributed by atoms with van der Waals surface area (Å²) in [5.74, 6) is 0.170. The van der Waals surface area contributed by atoms with E-state index in [1.807, 2.05) is 13.8 Å². The molecule has 0 spiro atoms. The number of rotatable bonds is 11. The zero-order chi connectivity index (χ0) is 20.4. The molecule has 0 aliphatic rings. The van der Waals surface area contributed by atoms with Gasteiger partial charge in [-0.2, -0.15) is 0 Å². The minimum Gasteiger partial charge on any atom is -0.484 e. The van der Waals surface area contributed by atoms with Crippen LogP contribution in [0.1, 0.15) is 20.3 Å². The van der Waals surface area contributed by atoms with Gasteiger partial charge in [0.05, 0.1) is 11.0 Å². The second-order valence-electron chi connectivity index (χ2n) is 6.35. The summed E-state index contributed by atoms with van der Waals surface area (Å²) in [4.78, 5) is 11.9. The molecule has 0 heterocycles. The lowest BCUT2D eigenvalue weighted by atomic mass is 10.3. The minimum atomic E-state index is -3.68. The Morgan fingerprint density at radius 2 is 1.71 bits per heavy atom. The van der Waals surface area contributed by atoms with E-state index in [2.05, 4.69) is 10.0 Å². The van der Waals surface area contributed by atoms with Crippen LogP contribution in [0.5, 0.6) is 5.75 Å². The van der Waals surface area contributed by atoms with Gasteiger partial charge < -0.3 is 14.8 Å². The molecule has 152 valence electrons. The van der Waals surface area contributed by atoms with Crippen molar-refractivity contribution in [2.24, 2.45) is 0 Å². The average Bonchev–Trinajstić information content (AvgIpc) is 2.66. The van der Waals surface area contributed by atoms with Gasteiger partial charge in [-0.15, -0.1) is 0 Å². The van der Waals surface area contributed by atoms with Crippen molar-refractivity contribution in [3.8, 4) is 5.75 Å². The van der Waals surface area contributed by atoms with E-state index in [0.717, 1.165) is 6.42 Å². The van der Waals surface area contributed by atoms with Crippen molar-refractivity contribution < 1.29 is 22.7 Å². The van der Waals surface area contributed by atoms with E-state index in [-0.39, 0.29) is 23.5 Å². The minimum absolute atomic E-state index is 0.110. The molecule has 1 amide bonds. The maximum atomic E-state index is 12.4. The largest absolute Gasteiger partial charge is 0.484 e. The monoisotopic (exact) mass is 406 g/mol. The molecule has 0 aromatic heterocycles. The number of carbonyl (C=O) groups is 1. The fourth-order valence-electron chi connectivity index (χ4n) is 2.25. The number of para-hydroxylation sites is 1. The van der Waals surface area contributed by atoms with Gasteiger partial charge in [-0.05, 0) is 56.7 Å². The Kier molecular flexibility index (Phi) is 8.28. The predicted octanol–water partition coefficient (Wildman–Crippen LogP) is 2.80. The summed E-state index contributed by atoms with van der Waals surface area (Å²) in [6.45, 7) is 4.88. The van der Waals surface area contributed by atoms with Gasteiger partial charge in [0.25, 0.3) is 15.9 Å². The molecule has 0 saturated carbocycles. The average molecular weight is 407 g/mol. The van der Waals surface area contributed by atoms with Crippen LogP contribution in [0.4, 0.5) is 5.69 Å². The smallest absolute Gasteiger partial charge is 0.261 e. The van der Waals surface area contributed by atoms with E-state index in [0.29, 0.717) is 24.6 Å². The highest BCUT2D eigenvalue weighted by Crippen LogP contribution is 2.19. The molecule has 2 aromatic carbocycles. The van der Waals surface area contributed by atoms with Crippen LogP contribution < -0.4 is 14.8 Å². The number of anilines is 1. The Labute approximate surface area is 166 Å². The maximum absolute atomic E-state index is 12.4. The van der Waals surface area contributed by atoms with E-state index in [4.69, 9.17) is 9.47 Å². The first-order valence-corrected chi connectivity index (χ1v) is 10.5. The van der Waals surface area contributed by atoms with Gasteiger partial charge in [0, 0.05) is 18.8 Å². The van der Waals surface area contributed by atoms with E-state index < -0.39 is 10.0 Å². The highest BCUT2D eigenvalue weighted by atomic mass is 32.2. The quantitative estimate of drug-likeness (QED) is 0.560. The number of hydrogen-bond donors (Lipinski definition) is 2. The summed E-state index contributed by atoms with van der Waals surface area (Å²) in [5.41, 5.74) is 0.485. The Hall–Kier alpha value is -2.58. The van der Waals surface area contributed by atoms with Gasteiger partial charge in [0.1, 0.15) is 5.75 Å². The topological polar surface area (TPSA) is 93.7 Å². The lowest BCUT2D eigenvalue weighted by Gasteiger charge is -2.10. The first-order chi connectivity index (χ1) is 13.4. The molecular weight excluding hydrogens is 380 g/mol. The Bertz CT molecular complexity index is 837. The normalized spacial score (nSPS) is 11.2. The molecule has 0 aliphatic carbocycles. The van der Waals surface area contributed by atoms with Crippen molar-refractivity contribution in [3.63, 3.8) is 0 Å². The first kappa shape index (κ1) is 21.7. The zero-order valence-corrected chi connectivity index (χ0v) is 16.9. The summed E-state index contributed by atoms with van der Waals surface area (Å²) in [7, 11) is -3.68. The van der Waals surface area contributed by atoms with E-state index in [9.17, 15) is 13.2 Å². The van der Waals surface area contributed by atoms with E-state index in [1.54, 1.807) is 30.3 Å². The molecule has 7 nitrogen and oxygen atoms in total. The van der Waals surface area contributed by atoms with Crippen LogP contribution in [0, 0.1) is 0 Å². The molecule has 2 rings (SSSR count). The van der Waals surface area contributed by atoms with Crippen molar-refractivity contribution >= 4 is 21.6 Å². The fourth-order valence-corrected chi connectivity index (χ4v) is 3.31. The number of hydrogen-bond acceptors (Lipinski definition) is 5. The number of nitrogens with one attached hydrogen (secondary N) is 2. The number of amides is 1. The Morgan fingerprint density at radius 1 is 1.04 bits per heavy atom. The van der Waals surface area contributed by atoms with Crippen molar-refractivity contribution in [2.75, 3.05) is 24.5 Å². The zero-order valence-electron chi connectivity index (χ0n) is 16.1. The van der Waals surface area contributed by atoms with Crippen LogP contribution in [0.3, 0.4) is 0 Å². The van der Waals surface area contributed by atoms with Crippen LogP contribution >= 0.6 is 0 Å². The first-order valence-electron chi connectivity index (χ1n) is 9.06. The van der Waals surface area contributed by atoms with Gasteiger partial charge in [-0.1, -0.05) is 18.2 Å². The number of carbonyl (C=O) groups excluding carboxylic acids is 1. The van der Waals surface area contributed by atoms with Gasteiger partial charge in [-0.25, -0.2) is 8.42 Å². The summed E-state index contributed by atoms with van der Waals surface area (Å²) >= 11 is 0. The number of ether oxygens (including phenoxy) is 2. The van der Waals surface area contributed by atoms with Crippen LogP contribution in [-0.2, 0) is 19.6 Å². The second-order valence-corrected chi connectivity index (χ2v) is 8.04. The summed E-state index contributed by atoms with van der Waals surface area (Å²) in [6, 6.07) is 14.5. The molecule has 0 aliphatic heterocycles. The molecule has 0 saturated heterocycles. The third-order valence-electron chi connectivity index (χ3n) is 3.62. The number of sulfonamides is 1. The maximum Gasteiger partial charge on any atom is 0.261 e. The van der Waals surface area contributed by atoms with Crippen LogP contribution in [0.25, 0.3) is 0 Å². The van der Waals surface area contributed by atoms with Crippen molar-refractivity contribution in [2.45, 2.75) is 31.3 Å². The van der Waals surface area contributed by atoms with Crippen molar-refractivity contribution in [1.82, 2.24) is 5.32 Å². The van der Waals surface area contributed by atoms with Gasteiger partial charge in [-0.3, -0.25) is 9.52 Å². The molecule has 28 heavy (non-hydrogen) atoms.